The Morgan fingerprint density at radius 2 is 2.13 bits per heavy atom. The minimum absolute atomic E-state index is 0.205. The van der Waals surface area contributed by atoms with Crippen molar-refractivity contribution in [3.8, 4) is 0 Å². The molecule has 2 nitrogen and oxygen atoms in total. The third-order valence-electron chi connectivity index (χ3n) is 2.33. The highest BCUT2D eigenvalue weighted by Crippen LogP contribution is 2.26. The molecular formula is C11H16FIN2. The highest BCUT2D eigenvalue weighted by atomic mass is 127. The monoisotopic (exact) mass is 322 g/mol. The summed E-state index contributed by atoms with van der Waals surface area (Å²) in [5.41, 5.74) is 7.27. The van der Waals surface area contributed by atoms with Gasteiger partial charge in [0, 0.05) is 19.7 Å². The van der Waals surface area contributed by atoms with Crippen molar-refractivity contribution in [1.29, 1.82) is 0 Å². The molecule has 1 aromatic carbocycles. The molecule has 0 saturated heterocycles. The van der Waals surface area contributed by atoms with Crippen LogP contribution in [-0.2, 0) is 0 Å². The largest absolute Gasteiger partial charge is 0.397 e. The second kappa shape index (κ2) is 5.53. The van der Waals surface area contributed by atoms with Crippen molar-refractivity contribution in [2.24, 2.45) is 0 Å². The van der Waals surface area contributed by atoms with Crippen LogP contribution in [0.3, 0.4) is 0 Å². The first-order valence-electron chi connectivity index (χ1n) is 5.02. The standard InChI is InChI=1S/C11H16FIN2/c1-3-4-5-15(2)11-6-8(12)9(13)7-10(11)14/h6-7H,3-5,14H2,1-2H3. The van der Waals surface area contributed by atoms with Crippen LogP contribution in [0.4, 0.5) is 15.8 Å². The molecule has 2 N–H and O–H groups in total. The average molecular weight is 322 g/mol. The SMILES string of the molecule is CCCCN(C)c1cc(F)c(I)cc1N. The third kappa shape index (κ3) is 3.22. The Hall–Kier alpha value is -0.520. The quantitative estimate of drug-likeness (QED) is 0.681. The molecule has 1 aromatic rings. The highest BCUT2D eigenvalue weighted by Gasteiger charge is 2.09. The predicted octanol–water partition coefficient (Wildman–Crippen LogP) is 3.25. The fourth-order valence-electron chi connectivity index (χ4n) is 1.40. The maximum absolute atomic E-state index is 13.4. The second-order valence-corrected chi connectivity index (χ2v) is 4.76. The van der Waals surface area contributed by atoms with E-state index in [0.717, 1.165) is 25.1 Å². The molecule has 0 aromatic heterocycles. The van der Waals surface area contributed by atoms with E-state index in [-0.39, 0.29) is 5.82 Å². The van der Waals surface area contributed by atoms with Crippen LogP contribution >= 0.6 is 22.6 Å². The number of hydrogen-bond donors (Lipinski definition) is 1. The first kappa shape index (κ1) is 12.5. The number of rotatable bonds is 4. The van der Waals surface area contributed by atoms with Crippen LogP contribution in [-0.4, -0.2) is 13.6 Å². The number of nitrogens with two attached hydrogens (primary N) is 1. The summed E-state index contributed by atoms with van der Waals surface area (Å²) >= 11 is 1.95. The number of halogens is 2. The first-order valence-corrected chi connectivity index (χ1v) is 6.09. The Kier molecular flexibility index (Phi) is 4.63. The normalized spacial score (nSPS) is 10.4. The van der Waals surface area contributed by atoms with Gasteiger partial charge >= 0.3 is 0 Å². The minimum Gasteiger partial charge on any atom is -0.397 e. The van der Waals surface area contributed by atoms with Crippen molar-refractivity contribution < 1.29 is 4.39 Å². The number of hydrogen-bond acceptors (Lipinski definition) is 2. The van der Waals surface area contributed by atoms with Crippen LogP contribution in [0, 0.1) is 9.39 Å². The maximum Gasteiger partial charge on any atom is 0.138 e. The number of unbranched alkanes of at least 4 members (excludes halogenated alkanes) is 1. The minimum atomic E-state index is -0.205. The van der Waals surface area contributed by atoms with Gasteiger partial charge in [0.25, 0.3) is 0 Å². The zero-order chi connectivity index (χ0) is 11.4. The summed E-state index contributed by atoms with van der Waals surface area (Å²) in [7, 11) is 1.94. The van der Waals surface area contributed by atoms with Crippen LogP contribution in [0.15, 0.2) is 12.1 Å². The van der Waals surface area contributed by atoms with Gasteiger partial charge in [0.1, 0.15) is 5.82 Å². The lowest BCUT2D eigenvalue weighted by atomic mass is 10.2. The summed E-state index contributed by atoms with van der Waals surface area (Å²) in [6.07, 6.45) is 2.21. The van der Waals surface area contributed by atoms with Crippen LogP contribution in [0.2, 0.25) is 0 Å². The van der Waals surface area contributed by atoms with Gasteiger partial charge in [-0.15, -0.1) is 0 Å². The van der Waals surface area contributed by atoms with E-state index in [2.05, 4.69) is 6.92 Å². The average Bonchev–Trinajstić information content (AvgIpc) is 2.20. The van der Waals surface area contributed by atoms with E-state index >= 15 is 0 Å². The lowest BCUT2D eigenvalue weighted by Crippen LogP contribution is -2.20. The Morgan fingerprint density at radius 3 is 2.73 bits per heavy atom. The highest BCUT2D eigenvalue weighted by molar-refractivity contribution is 14.1. The van der Waals surface area contributed by atoms with Crippen molar-refractivity contribution in [3.05, 3.63) is 21.5 Å². The van der Waals surface area contributed by atoms with Gasteiger partial charge < -0.3 is 10.6 Å². The van der Waals surface area contributed by atoms with Crippen LogP contribution in [0.25, 0.3) is 0 Å². The molecule has 0 spiro atoms. The smallest absolute Gasteiger partial charge is 0.138 e. The predicted molar refractivity (Wildman–Crippen MR) is 71.7 cm³/mol. The number of nitrogen functional groups attached to an aromatic ring is 1. The molecule has 0 radical (unpaired) electrons. The molecule has 0 atom stereocenters. The molecule has 0 heterocycles. The molecule has 0 aliphatic carbocycles. The zero-order valence-electron chi connectivity index (χ0n) is 9.06. The van der Waals surface area contributed by atoms with Crippen molar-refractivity contribution in [2.75, 3.05) is 24.2 Å². The summed E-state index contributed by atoms with van der Waals surface area (Å²) in [5, 5.41) is 0. The van der Waals surface area contributed by atoms with E-state index < -0.39 is 0 Å². The topological polar surface area (TPSA) is 29.3 Å². The van der Waals surface area contributed by atoms with Gasteiger partial charge in [-0.3, -0.25) is 0 Å². The number of nitrogens with zero attached hydrogens (tertiary/aromatic N) is 1. The molecule has 0 amide bonds. The van der Waals surface area contributed by atoms with E-state index in [0.29, 0.717) is 9.26 Å². The molecule has 1 rings (SSSR count). The van der Waals surface area contributed by atoms with Crippen molar-refractivity contribution in [1.82, 2.24) is 0 Å². The molecular weight excluding hydrogens is 306 g/mol. The molecule has 0 aliphatic heterocycles. The van der Waals surface area contributed by atoms with Gasteiger partial charge in [0.05, 0.1) is 14.9 Å². The maximum atomic E-state index is 13.4. The molecule has 4 heteroatoms. The molecule has 0 unspecified atom stereocenters. The molecule has 15 heavy (non-hydrogen) atoms. The molecule has 0 bridgehead atoms. The summed E-state index contributed by atoms with van der Waals surface area (Å²) in [4.78, 5) is 2.00. The fourth-order valence-corrected chi connectivity index (χ4v) is 1.89. The van der Waals surface area contributed by atoms with E-state index in [1.165, 1.54) is 6.07 Å². The van der Waals surface area contributed by atoms with Crippen molar-refractivity contribution in [3.63, 3.8) is 0 Å². The van der Waals surface area contributed by atoms with E-state index in [1.807, 2.05) is 34.5 Å². The summed E-state index contributed by atoms with van der Waals surface area (Å²) in [6, 6.07) is 3.18. The van der Waals surface area contributed by atoms with Gasteiger partial charge in [-0.25, -0.2) is 4.39 Å². The van der Waals surface area contributed by atoms with Crippen molar-refractivity contribution in [2.45, 2.75) is 19.8 Å². The second-order valence-electron chi connectivity index (χ2n) is 3.60. The van der Waals surface area contributed by atoms with E-state index in [1.54, 1.807) is 6.07 Å². The Bertz CT molecular complexity index is 342. The molecule has 0 aliphatic rings. The van der Waals surface area contributed by atoms with Crippen molar-refractivity contribution >= 4 is 34.0 Å². The Labute approximate surface area is 104 Å². The number of benzene rings is 1. The summed E-state index contributed by atoms with van der Waals surface area (Å²) in [6.45, 7) is 3.03. The fraction of sp³-hybridized carbons (Fsp3) is 0.455. The molecule has 84 valence electrons. The lowest BCUT2D eigenvalue weighted by molar-refractivity contribution is 0.619. The van der Waals surface area contributed by atoms with Gasteiger partial charge in [-0.2, -0.15) is 0 Å². The van der Waals surface area contributed by atoms with Gasteiger partial charge in [-0.1, -0.05) is 13.3 Å². The third-order valence-corrected chi connectivity index (χ3v) is 3.15. The van der Waals surface area contributed by atoms with Gasteiger partial charge in [-0.05, 0) is 35.1 Å². The lowest BCUT2D eigenvalue weighted by Gasteiger charge is -2.21. The van der Waals surface area contributed by atoms with Crippen LogP contribution < -0.4 is 10.6 Å². The Balaban J connectivity index is 2.88. The Morgan fingerprint density at radius 1 is 1.47 bits per heavy atom. The van der Waals surface area contributed by atoms with E-state index in [4.69, 9.17) is 5.73 Å². The van der Waals surface area contributed by atoms with Gasteiger partial charge in [0.2, 0.25) is 0 Å². The number of anilines is 2. The van der Waals surface area contributed by atoms with Crippen LogP contribution in [0.5, 0.6) is 0 Å². The molecule has 0 fully saturated rings. The zero-order valence-corrected chi connectivity index (χ0v) is 11.2. The van der Waals surface area contributed by atoms with Crippen LogP contribution in [0.1, 0.15) is 19.8 Å². The summed E-state index contributed by atoms with van der Waals surface area (Å²) < 4.78 is 13.9. The van der Waals surface area contributed by atoms with E-state index in [9.17, 15) is 4.39 Å². The summed E-state index contributed by atoms with van der Waals surface area (Å²) in [5.74, 6) is -0.205. The van der Waals surface area contributed by atoms with Gasteiger partial charge in [0.15, 0.2) is 0 Å². The molecule has 0 saturated carbocycles. The first-order chi connectivity index (χ1) is 7.06.